The fourth-order valence-corrected chi connectivity index (χ4v) is 1.26. The summed E-state index contributed by atoms with van der Waals surface area (Å²) in [5, 5.41) is 5.15. The highest BCUT2D eigenvalue weighted by Gasteiger charge is 2.11. The second kappa shape index (κ2) is 5.17. The van der Waals surface area contributed by atoms with Crippen LogP contribution in [0.5, 0.6) is 0 Å². The van der Waals surface area contributed by atoms with Crippen molar-refractivity contribution >= 4 is 17.4 Å². The number of aromatic nitrogens is 3. The van der Waals surface area contributed by atoms with Gasteiger partial charge < -0.3 is 10.6 Å². The van der Waals surface area contributed by atoms with Gasteiger partial charge in [0.05, 0.1) is 24.3 Å². The van der Waals surface area contributed by atoms with Crippen LogP contribution in [0.3, 0.4) is 0 Å². The molecular formula is C11H10FN5O. The van der Waals surface area contributed by atoms with Crippen LogP contribution in [0.15, 0.2) is 30.9 Å². The van der Waals surface area contributed by atoms with Crippen LogP contribution in [0.2, 0.25) is 0 Å². The molecule has 0 atom stereocenters. The van der Waals surface area contributed by atoms with E-state index in [9.17, 15) is 9.18 Å². The van der Waals surface area contributed by atoms with Gasteiger partial charge in [0.15, 0.2) is 5.82 Å². The molecule has 0 aliphatic rings. The number of pyridine rings is 1. The van der Waals surface area contributed by atoms with E-state index in [0.717, 1.165) is 6.20 Å². The lowest BCUT2D eigenvalue weighted by atomic mass is 10.3. The predicted molar refractivity (Wildman–Crippen MR) is 63.7 cm³/mol. The van der Waals surface area contributed by atoms with Crippen molar-refractivity contribution in [1.29, 1.82) is 0 Å². The molecule has 0 saturated heterocycles. The highest BCUT2D eigenvalue weighted by molar-refractivity contribution is 6.02. The molecule has 0 saturated carbocycles. The number of hydrogen-bond donors (Lipinski definition) is 2. The molecule has 0 unspecified atom stereocenters. The smallest absolute Gasteiger partial charge is 0.276 e. The van der Waals surface area contributed by atoms with E-state index in [1.807, 2.05) is 0 Å². The molecule has 6 nitrogen and oxygen atoms in total. The largest absolute Gasteiger partial charge is 0.372 e. The topological polar surface area (TPSA) is 79.8 Å². The number of nitrogens with zero attached hydrogens (tertiary/aromatic N) is 3. The maximum atomic E-state index is 13.3. The third kappa shape index (κ3) is 2.57. The molecule has 1 amide bonds. The second-order valence-electron chi connectivity index (χ2n) is 3.35. The highest BCUT2D eigenvalue weighted by Crippen LogP contribution is 2.12. The highest BCUT2D eigenvalue weighted by atomic mass is 19.1. The standard InChI is InChI=1S/C11H10FN5O/c1-13-10-6-15-5-9(16-10)11(18)17-8-2-3-14-4-7(8)12/h2-6H,1H3,(H,13,16)(H,14,17,18). The van der Waals surface area contributed by atoms with Crippen LogP contribution in [0, 0.1) is 5.82 Å². The van der Waals surface area contributed by atoms with Crippen molar-refractivity contribution < 1.29 is 9.18 Å². The molecule has 7 heteroatoms. The molecule has 2 aromatic heterocycles. The van der Waals surface area contributed by atoms with Crippen LogP contribution in [-0.4, -0.2) is 27.9 Å². The molecule has 0 fully saturated rings. The zero-order valence-corrected chi connectivity index (χ0v) is 9.51. The molecule has 0 radical (unpaired) electrons. The Hall–Kier alpha value is -2.57. The van der Waals surface area contributed by atoms with Crippen LogP contribution >= 0.6 is 0 Å². The molecule has 2 rings (SSSR count). The average Bonchev–Trinajstić information content (AvgIpc) is 2.41. The summed E-state index contributed by atoms with van der Waals surface area (Å²) in [7, 11) is 1.66. The molecule has 0 aliphatic carbocycles. The Balaban J connectivity index is 2.19. The summed E-state index contributed by atoms with van der Waals surface area (Å²) < 4.78 is 13.3. The zero-order chi connectivity index (χ0) is 13.0. The lowest BCUT2D eigenvalue weighted by molar-refractivity contribution is 0.102. The summed E-state index contributed by atoms with van der Waals surface area (Å²) in [5.74, 6) is -0.689. The van der Waals surface area contributed by atoms with Gasteiger partial charge in [0, 0.05) is 13.2 Å². The Morgan fingerprint density at radius 3 is 2.83 bits per heavy atom. The summed E-state index contributed by atoms with van der Waals surface area (Å²) in [5.41, 5.74) is 0.143. The van der Waals surface area contributed by atoms with Gasteiger partial charge in [-0.15, -0.1) is 0 Å². The number of nitrogens with one attached hydrogen (secondary N) is 2. The molecule has 18 heavy (non-hydrogen) atoms. The monoisotopic (exact) mass is 247 g/mol. The number of anilines is 2. The van der Waals surface area contributed by atoms with Gasteiger partial charge in [-0.25, -0.2) is 9.37 Å². The SMILES string of the molecule is CNc1cncc(C(=O)Nc2ccncc2F)n1. The second-order valence-corrected chi connectivity index (χ2v) is 3.35. The first kappa shape index (κ1) is 11.9. The van der Waals surface area contributed by atoms with Crippen molar-refractivity contribution in [1.82, 2.24) is 15.0 Å². The van der Waals surface area contributed by atoms with Crippen LogP contribution in [0.1, 0.15) is 10.5 Å². The van der Waals surface area contributed by atoms with E-state index in [0.29, 0.717) is 5.82 Å². The number of rotatable bonds is 3. The molecule has 0 bridgehead atoms. The minimum Gasteiger partial charge on any atom is -0.372 e. The zero-order valence-electron chi connectivity index (χ0n) is 9.51. The Morgan fingerprint density at radius 2 is 2.11 bits per heavy atom. The molecule has 92 valence electrons. The maximum absolute atomic E-state index is 13.3. The quantitative estimate of drug-likeness (QED) is 0.854. The Morgan fingerprint density at radius 1 is 1.28 bits per heavy atom. The number of halogens is 1. The Kier molecular flexibility index (Phi) is 3.42. The number of hydrogen-bond acceptors (Lipinski definition) is 5. The molecule has 2 N–H and O–H groups in total. The lowest BCUT2D eigenvalue weighted by Gasteiger charge is -2.06. The first-order valence-corrected chi connectivity index (χ1v) is 5.11. The molecule has 0 spiro atoms. The minimum absolute atomic E-state index is 0.0478. The fourth-order valence-electron chi connectivity index (χ4n) is 1.26. The van der Waals surface area contributed by atoms with E-state index < -0.39 is 11.7 Å². The number of carbonyl (C=O) groups excluding carboxylic acids is 1. The third-order valence-corrected chi connectivity index (χ3v) is 2.14. The summed E-state index contributed by atoms with van der Waals surface area (Å²) in [6.07, 6.45) is 5.18. The van der Waals surface area contributed by atoms with E-state index in [1.54, 1.807) is 7.05 Å². The Labute approximate surface area is 102 Å². The molecule has 2 aromatic rings. The van der Waals surface area contributed by atoms with Crippen molar-refractivity contribution in [3.05, 3.63) is 42.4 Å². The van der Waals surface area contributed by atoms with Crippen LogP contribution in [-0.2, 0) is 0 Å². The molecular weight excluding hydrogens is 237 g/mol. The number of carbonyl (C=O) groups is 1. The molecule has 0 aliphatic heterocycles. The summed E-state index contributed by atoms with van der Waals surface area (Å²) in [6.45, 7) is 0. The Bertz CT molecular complexity index is 575. The van der Waals surface area contributed by atoms with Crippen molar-refractivity contribution in [2.24, 2.45) is 0 Å². The average molecular weight is 247 g/mol. The van der Waals surface area contributed by atoms with Crippen LogP contribution < -0.4 is 10.6 Å². The van der Waals surface area contributed by atoms with Gasteiger partial charge in [0.25, 0.3) is 5.91 Å². The lowest BCUT2D eigenvalue weighted by Crippen LogP contribution is -2.15. The first-order chi connectivity index (χ1) is 8.70. The van der Waals surface area contributed by atoms with E-state index >= 15 is 0 Å². The molecule has 2 heterocycles. The van der Waals surface area contributed by atoms with Crippen molar-refractivity contribution in [2.75, 3.05) is 17.7 Å². The summed E-state index contributed by atoms with van der Waals surface area (Å²) >= 11 is 0. The summed E-state index contributed by atoms with van der Waals surface area (Å²) in [6, 6.07) is 1.36. The van der Waals surface area contributed by atoms with Crippen molar-refractivity contribution in [3.63, 3.8) is 0 Å². The maximum Gasteiger partial charge on any atom is 0.276 e. The minimum atomic E-state index is -0.608. The van der Waals surface area contributed by atoms with Gasteiger partial charge in [-0.1, -0.05) is 0 Å². The van der Waals surface area contributed by atoms with Gasteiger partial charge >= 0.3 is 0 Å². The van der Waals surface area contributed by atoms with E-state index in [-0.39, 0.29) is 11.4 Å². The normalized spacial score (nSPS) is 9.89. The first-order valence-electron chi connectivity index (χ1n) is 5.11. The van der Waals surface area contributed by atoms with Gasteiger partial charge in [0.1, 0.15) is 11.5 Å². The van der Waals surface area contributed by atoms with Crippen LogP contribution in [0.4, 0.5) is 15.9 Å². The van der Waals surface area contributed by atoms with Crippen LogP contribution in [0.25, 0.3) is 0 Å². The fraction of sp³-hybridized carbons (Fsp3) is 0.0909. The number of amides is 1. The predicted octanol–water partition coefficient (Wildman–Crippen LogP) is 1.30. The van der Waals surface area contributed by atoms with Gasteiger partial charge in [-0.05, 0) is 6.07 Å². The van der Waals surface area contributed by atoms with E-state index in [1.165, 1.54) is 24.7 Å². The van der Waals surface area contributed by atoms with Gasteiger partial charge in [-0.2, -0.15) is 0 Å². The van der Waals surface area contributed by atoms with Gasteiger partial charge in [-0.3, -0.25) is 14.8 Å². The van der Waals surface area contributed by atoms with E-state index in [4.69, 9.17) is 0 Å². The van der Waals surface area contributed by atoms with E-state index in [2.05, 4.69) is 25.6 Å². The molecule has 0 aromatic carbocycles. The third-order valence-electron chi connectivity index (χ3n) is 2.14. The van der Waals surface area contributed by atoms with Gasteiger partial charge in [0.2, 0.25) is 0 Å². The van der Waals surface area contributed by atoms with Crippen molar-refractivity contribution in [2.45, 2.75) is 0 Å². The van der Waals surface area contributed by atoms with Crippen molar-refractivity contribution in [3.8, 4) is 0 Å². The summed E-state index contributed by atoms with van der Waals surface area (Å²) in [4.78, 5) is 23.2.